The van der Waals surface area contributed by atoms with Crippen LogP contribution in [0.2, 0.25) is 5.02 Å². The lowest BCUT2D eigenvalue weighted by atomic mass is 9.68. The maximum Gasteiger partial charge on any atom is 0.319 e. The van der Waals surface area contributed by atoms with E-state index in [1.54, 1.807) is 12.3 Å². The van der Waals surface area contributed by atoms with Crippen LogP contribution in [-0.4, -0.2) is 47.3 Å². The fraction of sp³-hybridized carbons (Fsp3) is 0.524. The van der Waals surface area contributed by atoms with Crippen molar-refractivity contribution in [1.29, 1.82) is 0 Å². The van der Waals surface area contributed by atoms with E-state index in [1.807, 2.05) is 6.07 Å². The number of ether oxygens (including phenoxy) is 2. The average molecular weight is 422 g/mol. The molecule has 8 heteroatoms. The number of halogens is 2. The molecule has 29 heavy (non-hydrogen) atoms. The van der Waals surface area contributed by atoms with Crippen LogP contribution < -0.4 is 9.47 Å². The maximum atomic E-state index is 13.8. The smallest absolute Gasteiger partial charge is 0.319 e. The number of benzene rings is 1. The van der Waals surface area contributed by atoms with Crippen LogP contribution in [0.15, 0.2) is 24.4 Å². The molecule has 0 spiro atoms. The standard InChI is InChI=1S/C21H25ClFN3O3/c1-28-19-15(9-24-20(25-19)29-2)21(27)7-3-4-14-11-26(12-16(14)21)10-13-5-6-17(22)18(23)8-13/h5-6,8-9,14,16,27H,3-4,7,10-12H2,1-2H3. The van der Waals surface area contributed by atoms with Gasteiger partial charge in [-0.3, -0.25) is 4.90 Å². The van der Waals surface area contributed by atoms with E-state index in [9.17, 15) is 9.50 Å². The molecule has 2 heterocycles. The van der Waals surface area contributed by atoms with Crippen LogP contribution in [0.25, 0.3) is 0 Å². The third-order valence-corrected chi connectivity index (χ3v) is 6.53. The molecular formula is C21H25ClFN3O3. The molecule has 2 fully saturated rings. The summed E-state index contributed by atoms with van der Waals surface area (Å²) in [5.41, 5.74) is 0.412. The lowest BCUT2D eigenvalue weighted by Crippen LogP contribution is -2.43. The van der Waals surface area contributed by atoms with Crippen molar-refractivity contribution in [2.45, 2.75) is 31.4 Å². The van der Waals surface area contributed by atoms with E-state index in [0.29, 0.717) is 36.9 Å². The van der Waals surface area contributed by atoms with Gasteiger partial charge in [-0.25, -0.2) is 9.37 Å². The summed E-state index contributed by atoms with van der Waals surface area (Å²) < 4.78 is 24.3. The molecule has 1 aromatic heterocycles. The fourth-order valence-corrected chi connectivity index (χ4v) is 4.99. The second-order valence-corrected chi connectivity index (χ2v) is 8.31. The van der Waals surface area contributed by atoms with E-state index in [1.165, 1.54) is 20.3 Å². The third kappa shape index (κ3) is 3.79. The van der Waals surface area contributed by atoms with Gasteiger partial charge < -0.3 is 14.6 Å². The first kappa shape index (κ1) is 20.3. The van der Waals surface area contributed by atoms with Crippen molar-refractivity contribution in [3.05, 3.63) is 46.4 Å². The zero-order valence-electron chi connectivity index (χ0n) is 16.6. The minimum absolute atomic E-state index is 0.0271. The summed E-state index contributed by atoms with van der Waals surface area (Å²) in [5.74, 6) is 0.313. The molecule has 2 aromatic rings. The van der Waals surface area contributed by atoms with Crippen LogP contribution in [0.3, 0.4) is 0 Å². The highest BCUT2D eigenvalue weighted by Gasteiger charge is 2.51. The highest BCUT2D eigenvalue weighted by atomic mass is 35.5. The first-order valence-electron chi connectivity index (χ1n) is 9.78. The van der Waals surface area contributed by atoms with Gasteiger partial charge in [0.05, 0.1) is 24.8 Å². The van der Waals surface area contributed by atoms with E-state index in [0.717, 1.165) is 24.9 Å². The Morgan fingerprint density at radius 3 is 2.86 bits per heavy atom. The predicted octanol–water partition coefficient (Wildman–Crippen LogP) is 3.41. The normalized spacial score (nSPS) is 26.9. The Bertz CT molecular complexity index is 899. The summed E-state index contributed by atoms with van der Waals surface area (Å²) in [5, 5.41) is 11.9. The molecule has 2 aliphatic rings. The molecule has 3 unspecified atom stereocenters. The van der Waals surface area contributed by atoms with E-state index in [-0.39, 0.29) is 17.0 Å². The van der Waals surface area contributed by atoms with Crippen molar-refractivity contribution in [2.24, 2.45) is 11.8 Å². The van der Waals surface area contributed by atoms with Crippen molar-refractivity contribution in [2.75, 3.05) is 27.3 Å². The molecule has 1 aliphatic carbocycles. The van der Waals surface area contributed by atoms with Gasteiger partial charge in [0, 0.05) is 31.7 Å². The second-order valence-electron chi connectivity index (χ2n) is 7.91. The fourth-order valence-electron chi connectivity index (χ4n) is 4.87. The molecule has 4 rings (SSSR count). The molecular weight excluding hydrogens is 397 g/mol. The van der Waals surface area contributed by atoms with Gasteiger partial charge in [-0.15, -0.1) is 0 Å². The van der Waals surface area contributed by atoms with Gasteiger partial charge >= 0.3 is 6.01 Å². The Hall–Kier alpha value is -1.96. The SMILES string of the molecule is COc1ncc(C2(O)CCCC3CN(Cc4ccc(Cl)c(F)c4)CC32)c(OC)n1. The van der Waals surface area contributed by atoms with Gasteiger partial charge in [-0.1, -0.05) is 17.7 Å². The van der Waals surface area contributed by atoms with Crippen molar-refractivity contribution in [3.63, 3.8) is 0 Å². The summed E-state index contributed by atoms with van der Waals surface area (Å²) in [6, 6.07) is 5.13. The van der Waals surface area contributed by atoms with Crippen LogP contribution in [0, 0.1) is 17.7 Å². The van der Waals surface area contributed by atoms with Crippen molar-refractivity contribution in [1.82, 2.24) is 14.9 Å². The highest BCUT2D eigenvalue weighted by Crippen LogP contribution is 2.50. The highest BCUT2D eigenvalue weighted by molar-refractivity contribution is 6.30. The van der Waals surface area contributed by atoms with E-state index in [4.69, 9.17) is 21.1 Å². The Kier molecular flexibility index (Phi) is 5.64. The molecule has 156 valence electrons. The Morgan fingerprint density at radius 2 is 2.14 bits per heavy atom. The molecule has 6 nitrogen and oxygen atoms in total. The first-order chi connectivity index (χ1) is 13.9. The van der Waals surface area contributed by atoms with E-state index >= 15 is 0 Å². The van der Waals surface area contributed by atoms with Gasteiger partial charge in [0.1, 0.15) is 11.4 Å². The number of rotatable bonds is 5. The number of aliphatic hydroxyl groups is 1. The molecule has 1 saturated heterocycles. The third-order valence-electron chi connectivity index (χ3n) is 6.23. The van der Waals surface area contributed by atoms with Gasteiger partial charge in [-0.2, -0.15) is 4.98 Å². The monoisotopic (exact) mass is 421 g/mol. The lowest BCUT2D eigenvalue weighted by Gasteiger charge is -2.41. The molecule has 3 atom stereocenters. The molecule has 0 bridgehead atoms. The van der Waals surface area contributed by atoms with Crippen LogP contribution in [-0.2, 0) is 12.1 Å². The largest absolute Gasteiger partial charge is 0.481 e. The number of hydrogen-bond acceptors (Lipinski definition) is 6. The van der Waals surface area contributed by atoms with Crippen LogP contribution in [0.1, 0.15) is 30.4 Å². The minimum atomic E-state index is -1.07. The first-order valence-corrected chi connectivity index (χ1v) is 10.2. The average Bonchev–Trinajstić information content (AvgIpc) is 3.14. The quantitative estimate of drug-likeness (QED) is 0.798. The number of aromatic nitrogens is 2. The topological polar surface area (TPSA) is 67.7 Å². The van der Waals surface area contributed by atoms with Gasteiger partial charge in [-0.05, 0) is 42.9 Å². The number of likely N-dealkylation sites (tertiary alicyclic amines) is 1. The van der Waals surface area contributed by atoms with Crippen molar-refractivity contribution in [3.8, 4) is 11.9 Å². The summed E-state index contributed by atoms with van der Waals surface area (Å²) in [7, 11) is 3.03. The summed E-state index contributed by atoms with van der Waals surface area (Å²) in [6.45, 7) is 2.19. The predicted molar refractivity (Wildman–Crippen MR) is 107 cm³/mol. The van der Waals surface area contributed by atoms with Crippen LogP contribution >= 0.6 is 11.6 Å². The molecule has 0 radical (unpaired) electrons. The number of hydrogen-bond donors (Lipinski definition) is 1. The Morgan fingerprint density at radius 1 is 1.31 bits per heavy atom. The van der Waals surface area contributed by atoms with Gasteiger partial charge in [0.15, 0.2) is 0 Å². The number of methoxy groups -OCH3 is 2. The van der Waals surface area contributed by atoms with Crippen LogP contribution in [0.4, 0.5) is 4.39 Å². The second kappa shape index (κ2) is 8.05. The molecule has 1 aliphatic heterocycles. The zero-order valence-corrected chi connectivity index (χ0v) is 17.3. The number of fused-ring (bicyclic) bond motifs is 1. The summed E-state index contributed by atoms with van der Waals surface area (Å²) in [6.07, 6.45) is 4.21. The zero-order chi connectivity index (χ0) is 20.6. The van der Waals surface area contributed by atoms with Crippen molar-refractivity contribution >= 4 is 11.6 Å². The Labute approximate surface area is 174 Å². The van der Waals surface area contributed by atoms with E-state index < -0.39 is 11.4 Å². The van der Waals surface area contributed by atoms with Gasteiger partial charge in [0.25, 0.3) is 0 Å². The van der Waals surface area contributed by atoms with Crippen molar-refractivity contribution < 1.29 is 19.0 Å². The Balaban J connectivity index is 1.58. The van der Waals surface area contributed by atoms with Crippen LogP contribution in [0.5, 0.6) is 11.9 Å². The molecule has 1 aromatic carbocycles. The lowest BCUT2D eigenvalue weighted by molar-refractivity contribution is -0.0669. The number of nitrogens with zero attached hydrogens (tertiary/aromatic N) is 3. The minimum Gasteiger partial charge on any atom is -0.481 e. The maximum absolute atomic E-state index is 13.8. The molecule has 1 N–H and O–H groups in total. The van der Waals surface area contributed by atoms with E-state index in [2.05, 4.69) is 14.9 Å². The molecule has 1 saturated carbocycles. The van der Waals surface area contributed by atoms with Gasteiger partial charge in [0.2, 0.25) is 5.88 Å². The molecule has 0 amide bonds. The summed E-state index contributed by atoms with van der Waals surface area (Å²) in [4.78, 5) is 10.7. The summed E-state index contributed by atoms with van der Waals surface area (Å²) >= 11 is 5.80.